The SMILES string of the molecule is COc1ccc(NC(=O)N2CCC(NC(C)=O)CC2)cc1. The van der Waals surface area contributed by atoms with Crippen molar-refractivity contribution in [2.75, 3.05) is 25.5 Å². The molecule has 6 nitrogen and oxygen atoms in total. The first-order valence-corrected chi connectivity index (χ1v) is 7.05. The molecule has 2 rings (SSSR count). The minimum Gasteiger partial charge on any atom is -0.497 e. The smallest absolute Gasteiger partial charge is 0.321 e. The van der Waals surface area contributed by atoms with E-state index in [1.807, 2.05) is 0 Å². The molecule has 1 saturated heterocycles. The zero-order valence-electron chi connectivity index (χ0n) is 12.4. The highest BCUT2D eigenvalue weighted by Gasteiger charge is 2.23. The molecule has 6 heteroatoms. The van der Waals surface area contributed by atoms with Gasteiger partial charge in [0, 0.05) is 31.7 Å². The lowest BCUT2D eigenvalue weighted by molar-refractivity contribution is -0.119. The van der Waals surface area contributed by atoms with Crippen LogP contribution in [0.5, 0.6) is 5.75 Å². The number of carbonyl (C=O) groups excluding carboxylic acids is 2. The normalized spacial score (nSPS) is 15.4. The molecule has 1 heterocycles. The predicted octanol–water partition coefficient (Wildman–Crippen LogP) is 1.83. The fourth-order valence-electron chi connectivity index (χ4n) is 2.39. The van der Waals surface area contributed by atoms with Crippen molar-refractivity contribution >= 4 is 17.6 Å². The van der Waals surface area contributed by atoms with Crippen molar-refractivity contribution < 1.29 is 14.3 Å². The van der Waals surface area contributed by atoms with Gasteiger partial charge < -0.3 is 20.3 Å². The fraction of sp³-hybridized carbons (Fsp3) is 0.467. The van der Waals surface area contributed by atoms with Gasteiger partial charge in [-0.05, 0) is 37.1 Å². The van der Waals surface area contributed by atoms with Crippen LogP contribution in [0.3, 0.4) is 0 Å². The molecule has 0 unspecified atom stereocenters. The Hall–Kier alpha value is -2.24. The van der Waals surface area contributed by atoms with Crippen LogP contribution in [-0.4, -0.2) is 43.1 Å². The summed E-state index contributed by atoms with van der Waals surface area (Å²) in [7, 11) is 1.60. The van der Waals surface area contributed by atoms with E-state index in [0.717, 1.165) is 24.3 Å². The van der Waals surface area contributed by atoms with Crippen LogP contribution in [-0.2, 0) is 4.79 Å². The lowest BCUT2D eigenvalue weighted by Gasteiger charge is -2.32. The number of carbonyl (C=O) groups is 2. The average molecular weight is 291 g/mol. The van der Waals surface area contributed by atoms with Crippen molar-refractivity contribution in [3.05, 3.63) is 24.3 Å². The first-order chi connectivity index (χ1) is 10.1. The summed E-state index contributed by atoms with van der Waals surface area (Å²) in [4.78, 5) is 24.9. The molecule has 114 valence electrons. The third-order valence-corrected chi connectivity index (χ3v) is 3.53. The van der Waals surface area contributed by atoms with E-state index in [1.165, 1.54) is 6.92 Å². The van der Waals surface area contributed by atoms with Crippen molar-refractivity contribution in [3.8, 4) is 5.75 Å². The van der Waals surface area contributed by atoms with Gasteiger partial charge in [-0.1, -0.05) is 0 Å². The maximum absolute atomic E-state index is 12.1. The molecule has 0 radical (unpaired) electrons. The quantitative estimate of drug-likeness (QED) is 0.892. The number of urea groups is 1. The van der Waals surface area contributed by atoms with Gasteiger partial charge in [0.05, 0.1) is 7.11 Å². The number of rotatable bonds is 3. The Morgan fingerprint density at radius 2 is 1.81 bits per heavy atom. The van der Waals surface area contributed by atoms with Gasteiger partial charge in [0.25, 0.3) is 0 Å². The van der Waals surface area contributed by atoms with Crippen LogP contribution in [0.1, 0.15) is 19.8 Å². The van der Waals surface area contributed by atoms with Gasteiger partial charge in [-0.15, -0.1) is 0 Å². The maximum atomic E-state index is 12.1. The molecule has 3 amide bonds. The molecule has 1 aromatic carbocycles. The van der Waals surface area contributed by atoms with Gasteiger partial charge in [0.2, 0.25) is 5.91 Å². The Bertz CT molecular complexity index is 493. The summed E-state index contributed by atoms with van der Waals surface area (Å²) < 4.78 is 5.08. The van der Waals surface area contributed by atoms with Crippen molar-refractivity contribution in [3.63, 3.8) is 0 Å². The van der Waals surface area contributed by atoms with E-state index in [-0.39, 0.29) is 18.0 Å². The second-order valence-corrected chi connectivity index (χ2v) is 5.12. The number of hydrogen-bond donors (Lipinski definition) is 2. The summed E-state index contributed by atoms with van der Waals surface area (Å²) in [5, 5.41) is 5.75. The van der Waals surface area contributed by atoms with E-state index in [0.29, 0.717) is 13.1 Å². The van der Waals surface area contributed by atoms with Crippen LogP contribution in [0.2, 0.25) is 0 Å². The number of anilines is 1. The summed E-state index contributed by atoms with van der Waals surface area (Å²) in [5.74, 6) is 0.736. The van der Waals surface area contributed by atoms with Gasteiger partial charge >= 0.3 is 6.03 Å². The van der Waals surface area contributed by atoms with Crippen LogP contribution in [0.15, 0.2) is 24.3 Å². The predicted molar refractivity (Wildman–Crippen MR) is 80.4 cm³/mol. The Labute approximate surface area is 124 Å². The highest BCUT2D eigenvalue weighted by molar-refractivity contribution is 5.89. The Morgan fingerprint density at radius 1 is 1.19 bits per heavy atom. The molecule has 0 aromatic heterocycles. The van der Waals surface area contributed by atoms with Crippen LogP contribution < -0.4 is 15.4 Å². The number of nitrogens with one attached hydrogen (secondary N) is 2. The fourth-order valence-corrected chi connectivity index (χ4v) is 2.39. The van der Waals surface area contributed by atoms with Gasteiger partial charge in [-0.25, -0.2) is 4.79 Å². The van der Waals surface area contributed by atoms with Gasteiger partial charge in [-0.2, -0.15) is 0 Å². The summed E-state index contributed by atoms with van der Waals surface area (Å²) in [6, 6.07) is 7.28. The lowest BCUT2D eigenvalue weighted by Crippen LogP contribution is -2.47. The molecule has 2 N–H and O–H groups in total. The first-order valence-electron chi connectivity index (χ1n) is 7.05. The minimum absolute atomic E-state index is 0.0175. The molecule has 0 bridgehead atoms. The van der Waals surface area contributed by atoms with Gasteiger partial charge in [-0.3, -0.25) is 4.79 Å². The number of ether oxygens (including phenoxy) is 1. The number of piperidine rings is 1. The van der Waals surface area contributed by atoms with Crippen molar-refractivity contribution in [2.24, 2.45) is 0 Å². The third kappa shape index (κ3) is 4.37. The highest BCUT2D eigenvalue weighted by Crippen LogP contribution is 2.17. The van der Waals surface area contributed by atoms with Crippen molar-refractivity contribution in [1.29, 1.82) is 0 Å². The van der Waals surface area contributed by atoms with E-state index in [1.54, 1.807) is 36.3 Å². The Kier molecular flexibility index (Phi) is 5.03. The molecule has 21 heavy (non-hydrogen) atoms. The molecule has 1 fully saturated rings. The van der Waals surface area contributed by atoms with E-state index in [9.17, 15) is 9.59 Å². The van der Waals surface area contributed by atoms with E-state index in [4.69, 9.17) is 4.74 Å². The number of hydrogen-bond acceptors (Lipinski definition) is 3. The zero-order chi connectivity index (χ0) is 15.2. The number of benzene rings is 1. The second kappa shape index (κ2) is 6.97. The van der Waals surface area contributed by atoms with Crippen LogP contribution in [0, 0.1) is 0 Å². The maximum Gasteiger partial charge on any atom is 0.321 e. The number of amides is 3. The van der Waals surface area contributed by atoms with E-state index < -0.39 is 0 Å². The topological polar surface area (TPSA) is 70.7 Å². The first kappa shape index (κ1) is 15.2. The molecular weight excluding hydrogens is 270 g/mol. The molecule has 0 atom stereocenters. The highest BCUT2D eigenvalue weighted by atomic mass is 16.5. The van der Waals surface area contributed by atoms with Crippen molar-refractivity contribution in [1.82, 2.24) is 10.2 Å². The molecule has 1 aromatic rings. The largest absolute Gasteiger partial charge is 0.497 e. The Morgan fingerprint density at radius 3 is 2.33 bits per heavy atom. The molecule has 1 aliphatic rings. The summed E-state index contributed by atoms with van der Waals surface area (Å²) >= 11 is 0. The molecule has 0 saturated carbocycles. The monoisotopic (exact) mass is 291 g/mol. The van der Waals surface area contributed by atoms with Crippen LogP contribution >= 0.6 is 0 Å². The number of methoxy groups -OCH3 is 1. The lowest BCUT2D eigenvalue weighted by atomic mass is 10.1. The van der Waals surface area contributed by atoms with Crippen LogP contribution in [0.25, 0.3) is 0 Å². The van der Waals surface area contributed by atoms with Crippen LogP contribution in [0.4, 0.5) is 10.5 Å². The third-order valence-electron chi connectivity index (χ3n) is 3.53. The second-order valence-electron chi connectivity index (χ2n) is 5.12. The molecule has 1 aliphatic heterocycles. The number of likely N-dealkylation sites (tertiary alicyclic amines) is 1. The molecule has 0 aliphatic carbocycles. The Balaban J connectivity index is 1.82. The average Bonchev–Trinajstić information content (AvgIpc) is 2.48. The number of nitrogens with zero attached hydrogens (tertiary/aromatic N) is 1. The molecular formula is C15H21N3O3. The minimum atomic E-state index is -0.110. The summed E-state index contributed by atoms with van der Waals surface area (Å²) in [5.41, 5.74) is 0.741. The molecule has 0 spiro atoms. The van der Waals surface area contributed by atoms with Gasteiger partial charge in [0.1, 0.15) is 5.75 Å². The van der Waals surface area contributed by atoms with Crippen molar-refractivity contribution in [2.45, 2.75) is 25.8 Å². The van der Waals surface area contributed by atoms with E-state index >= 15 is 0 Å². The standard InChI is InChI=1S/C15H21N3O3/c1-11(19)16-13-7-9-18(10-8-13)15(20)17-12-3-5-14(21-2)6-4-12/h3-6,13H,7-10H2,1-2H3,(H,16,19)(H,17,20). The van der Waals surface area contributed by atoms with E-state index in [2.05, 4.69) is 10.6 Å². The summed E-state index contributed by atoms with van der Waals surface area (Å²) in [6.07, 6.45) is 1.57. The summed E-state index contributed by atoms with van der Waals surface area (Å²) in [6.45, 7) is 2.81. The van der Waals surface area contributed by atoms with Gasteiger partial charge in [0.15, 0.2) is 0 Å². The zero-order valence-corrected chi connectivity index (χ0v) is 12.4.